The molecule has 24 heavy (non-hydrogen) atoms. The summed E-state index contributed by atoms with van der Waals surface area (Å²) < 4.78 is 0. The van der Waals surface area contributed by atoms with Gasteiger partial charge in [-0.1, -0.05) is 41.5 Å². The van der Waals surface area contributed by atoms with Crippen molar-refractivity contribution < 1.29 is 20.1 Å². The number of carboxylic acid groups (broad SMARTS) is 1. The van der Waals surface area contributed by atoms with Gasteiger partial charge in [0.25, 0.3) is 0 Å². The minimum Gasteiger partial charge on any atom is -0.507 e. The van der Waals surface area contributed by atoms with Crippen LogP contribution in [0.1, 0.15) is 80.8 Å². The Kier molecular flexibility index (Phi) is 6.39. The third-order valence-electron chi connectivity index (χ3n) is 3.99. The first kappa shape index (κ1) is 20.8. The largest absolute Gasteiger partial charge is 0.507 e. The smallest absolute Gasteiger partial charge is 0.336 e. The van der Waals surface area contributed by atoms with Crippen molar-refractivity contribution in [3.63, 3.8) is 0 Å². The summed E-state index contributed by atoms with van der Waals surface area (Å²) in [4.78, 5) is 11.9. The van der Waals surface area contributed by atoms with Crippen molar-refractivity contribution in [3.05, 3.63) is 28.3 Å². The molecule has 3 N–H and O–H groups in total. The Morgan fingerprint density at radius 2 is 1.71 bits per heavy atom. The molecule has 136 valence electrons. The van der Waals surface area contributed by atoms with Gasteiger partial charge in [-0.3, -0.25) is 0 Å². The number of benzene rings is 1. The number of phenolic OH excluding ortho intramolecular Hbond substituents is 1. The maximum atomic E-state index is 11.9. The summed E-state index contributed by atoms with van der Waals surface area (Å²) in [6.45, 7) is 13.8. The van der Waals surface area contributed by atoms with Gasteiger partial charge in [-0.05, 0) is 29.4 Å². The van der Waals surface area contributed by atoms with Crippen LogP contribution < -0.4 is 0 Å². The van der Waals surface area contributed by atoms with Gasteiger partial charge in [-0.25, -0.2) is 4.79 Å². The highest BCUT2D eigenvalue weighted by Crippen LogP contribution is 2.46. The number of aromatic carboxylic acids is 1. The van der Waals surface area contributed by atoms with Crippen LogP contribution in [-0.2, 0) is 10.8 Å². The second-order valence-electron chi connectivity index (χ2n) is 8.15. The molecule has 0 radical (unpaired) electrons. The number of hydrogen-bond donors (Lipinski definition) is 3. The fraction of sp³-hybridized carbons (Fsp3) is 0.632. The van der Waals surface area contributed by atoms with Crippen molar-refractivity contribution in [2.45, 2.75) is 64.5 Å². The van der Waals surface area contributed by atoms with E-state index in [9.17, 15) is 15.0 Å². The molecule has 1 aromatic rings. The molecule has 0 aromatic heterocycles. The van der Waals surface area contributed by atoms with E-state index in [1.54, 1.807) is 6.07 Å². The standard InChI is InChI=1S/C19H30O4S/c1-11(24-9-8-20)14-12(17(22)23)10-13(18(2,3)4)16(21)15(14)19(5,6)7/h10-11,20-21H,8-9H2,1-7H3,(H,22,23). The summed E-state index contributed by atoms with van der Waals surface area (Å²) in [7, 11) is 0. The van der Waals surface area contributed by atoms with Crippen LogP contribution in [0.25, 0.3) is 0 Å². The fourth-order valence-corrected chi connectivity index (χ4v) is 3.80. The van der Waals surface area contributed by atoms with Crippen molar-refractivity contribution >= 4 is 17.7 Å². The molecule has 1 aromatic carbocycles. The molecular formula is C19H30O4S. The monoisotopic (exact) mass is 354 g/mol. The zero-order valence-electron chi connectivity index (χ0n) is 15.7. The molecule has 1 rings (SSSR count). The highest BCUT2D eigenvalue weighted by Gasteiger charge is 2.33. The maximum Gasteiger partial charge on any atom is 0.336 e. The molecular weight excluding hydrogens is 324 g/mol. The highest BCUT2D eigenvalue weighted by molar-refractivity contribution is 7.99. The molecule has 0 heterocycles. The molecule has 0 amide bonds. The van der Waals surface area contributed by atoms with Crippen molar-refractivity contribution in [1.29, 1.82) is 0 Å². The highest BCUT2D eigenvalue weighted by atomic mass is 32.2. The number of hydrogen-bond acceptors (Lipinski definition) is 4. The average molecular weight is 355 g/mol. The van der Waals surface area contributed by atoms with Crippen LogP contribution in [0.5, 0.6) is 5.75 Å². The van der Waals surface area contributed by atoms with E-state index in [2.05, 4.69) is 0 Å². The number of carbonyl (C=O) groups is 1. The molecule has 0 saturated heterocycles. The van der Waals surface area contributed by atoms with Crippen LogP contribution in [0, 0.1) is 0 Å². The zero-order chi connectivity index (χ0) is 18.9. The Morgan fingerprint density at radius 3 is 2.08 bits per heavy atom. The Bertz CT molecular complexity index is 609. The van der Waals surface area contributed by atoms with Crippen molar-refractivity contribution in [2.24, 2.45) is 0 Å². The van der Waals surface area contributed by atoms with Gasteiger partial charge in [-0.2, -0.15) is 11.8 Å². The summed E-state index contributed by atoms with van der Waals surface area (Å²) in [6.07, 6.45) is 0. The molecule has 1 unspecified atom stereocenters. The number of phenols is 1. The normalized spacial score (nSPS) is 13.8. The summed E-state index contributed by atoms with van der Waals surface area (Å²) >= 11 is 1.49. The Balaban J connectivity index is 3.83. The Hall–Kier alpha value is -1.20. The van der Waals surface area contributed by atoms with E-state index < -0.39 is 11.4 Å². The van der Waals surface area contributed by atoms with Crippen LogP contribution in [-0.4, -0.2) is 33.6 Å². The van der Waals surface area contributed by atoms with E-state index in [0.717, 1.165) is 0 Å². The van der Waals surface area contributed by atoms with Crippen LogP contribution in [0.15, 0.2) is 6.07 Å². The third-order valence-corrected chi connectivity index (χ3v) is 5.15. The predicted molar refractivity (Wildman–Crippen MR) is 100 cm³/mol. The first-order valence-corrected chi connectivity index (χ1v) is 9.23. The number of rotatable bonds is 5. The van der Waals surface area contributed by atoms with Crippen LogP contribution in [0.2, 0.25) is 0 Å². The lowest BCUT2D eigenvalue weighted by Crippen LogP contribution is -2.23. The van der Waals surface area contributed by atoms with Gasteiger partial charge in [0.15, 0.2) is 0 Å². The molecule has 1 atom stereocenters. The van der Waals surface area contributed by atoms with E-state index in [4.69, 9.17) is 5.11 Å². The van der Waals surface area contributed by atoms with Crippen LogP contribution >= 0.6 is 11.8 Å². The molecule has 0 aliphatic heterocycles. The number of thioether (sulfide) groups is 1. The number of carboxylic acids is 1. The van der Waals surface area contributed by atoms with Gasteiger partial charge in [0.05, 0.1) is 12.2 Å². The quantitative estimate of drug-likeness (QED) is 0.727. The molecule has 0 aliphatic carbocycles. The van der Waals surface area contributed by atoms with Gasteiger partial charge >= 0.3 is 5.97 Å². The molecule has 0 aliphatic rings. The Morgan fingerprint density at radius 1 is 1.17 bits per heavy atom. The van der Waals surface area contributed by atoms with Gasteiger partial charge < -0.3 is 15.3 Å². The first-order valence-electron chi connectivity index (χ1n) is 8.19. The van der Waals surface area contributed by atoms with Crippen molar-refractivity contribution in [3.8, 4) is 5.75 Å². The average Bonchev–Trinajstić information content (AvgIpc) is 2.40. The molecule has 0 saturated carbocycles. The van der Waals surface area contributed by atoms with Gasteiger partial charge in [0, 0.05) is 22.1 Å². The molecule has 0 spiro atoms. The summed E-state index contributed by atoms with van der Waals surface area (Å²) in [5.41, 5.74) is 1.45. The maximum absolute atomic E-state index is 11.9. The number of aliphatic hydroxyl groups excluding tert-OH is 1. The SMILES string of the molecule is CC(SCCO)c1c(C(=O)O)cc(C(C)(C)C)c(O)c1C(C)(C)C. The van der Waals surface area contributed by atoms with E-state index in [1.807, 2.05) is 48.5 Å². The van der Waals surface area contributed by atoms with E-state index in [-0.39, 0.29) is 28.6 Å². The van der Waals surface area contributed by atoms with Crippen molar-refractivity contribution in [2.75, 3.05) is 12.4 Å². The van der Waals surface area contributed by atoms with E-state index in [0.29, 0.717) is 22.4 Å². The topological polar surface area (TPSA) is 77.8 Å². The predicted octanol–water partition coefficient (Wildman–Crippen LogP) is 4.47. The minimum absolute atomic E-state index is 0.0360. The van der Waals surface area contributed by atoms with Crippen molar-refractivity contribution in [1.82, 2.24) is 0 Å². The summed E-state index contributed by atoms with van der Waals surface area (Å²) in [5.74, 6) is -0.283. The second-order valence-corrected chi connectivity index (χ2v) is 9.60. The lowest BCUT2D eigenvalue weighted by molar-refractivity contribution is 0.0695. The summed E-state index contributed by atoms with van der Waals surface area (Å²) in [6, 6.07) is 1.61. The van der Waals surface area contributed by atoms with Gasteiger partial charge in [0.2, 0.25) is 0 Å². The first-order chi connectivity index (χ1) is 10.8. The molecule has 0 bridgehead atoms. The minimum atomic E-state index is -0.988. The molecule has 0 fully saturated rings. The second kappa shape index (κ2) is 7.36. The van der Waals surface area contributed by atoms with Gasteiger partial charge in [0.1, 0.15) is 5.75 Å². The lowest BCUT2D eigenvalue weighted by atomic mass is 9.75. The van der Waals surface area contributed by atoms with Crippen LogP contribution in [0.4, 0.5) is 0 Å². The molecule has 4 nitrogen and oxygen atoms in total. The molecule has 5 heteroatoms. The number of aliphatic hydroxyl groups is 1. The van der Waals surface area contributed by atoms with E-state index in [1.165, 1.54) is 11.8 Å². The van der Waals surface area contributed by atoms with Gasteiger partial charge in [-0.15, -0.1) is 0 Å². The fourth-order valence-electron chi connectivity index (χ4n) is 2.93. The van der Waals surface area contributed by atoms with Crippen LogP contribution in [0.3, 0.4) is 0 Å². The zero-order valence-corrected chi connectivity index (χ0v) is 16.5. The number of aromatic hydroxyl groups is 1. The third kappa shape index (κ3) is 4.45. The Labute approximate surface area is 149 Å². The van der Waals surface area contributed by atoms with E-state index >= 15 is 0 Å². The summed E-state index contributed by atoms with van der Waals surface area (Å²) in [5, 5.41) is 29.7. The lowest BCUT2D eigenvalue weighted by Gasteiger charge is -2.32.